The molecular formula is C15H24O4. The zero-order chi connectivity index (χ0) is 14.4. The quantitative estimate of drug-likeness (QED) is 0.669. The molecule has 2 saturated carbocycles. The summed E-state index contributed by atoms with van der Waals surface area (Å²) in [6.07, 6.45) is 3.08. The lowest BCUT2D eigenvalue weighted by Gasteiger charge is -2.55. The molecular weight excluding hydrogens is 244 g/mol. The molecule has 2 aliphatic carbocycles. The van der Waals surface area contributed by atoms with E-state index in [1.165, 1.54) is 0 Å². The number of aliphatic carboxylic acids is 1. The molecule has 4 nitrogen and oxygen atoms in total. The molecule has 2 aliphatic rings. The molecule has 3 N–H and O–H groups in total. The van der Waals surface area contributed by atoms with Crippen LogP contribution in [-0.2, 0) is 4.79 Å². The van der Waals surface area contributed by atoms with Crippen LogP contribution in [-0.4, -0.2) is 33.0 Å². The van der Waals surface area contributed by atoms with E-state index in [0.717, 1.165) is 19.3 Å². The second-order valence-corrected chi connectivity index (χ2v) is 6.79. The lowest BCUT2D eigenvalue weighted by atomic mass is 9.52. The fraction of sp³-hybridized carbons (Fsp3) is 0.800. The Balaban J connectivity index is 2.24. The van der Waals surface area contributed by atoms with E-state index in [4.69, 9.17) is 5.11 Å². The van der Waals surface area contributed by atoms with Crippen LogP contribution in [0.15, 0.2) is 12.2 Å². The first-order chi connectivity index (χ1) is 8.68. The van der Waals surface area contributed by atoms with Gasteiger partial charge in [-0.3, -0.25) is 0 Å². The van der Waals surface area contributed by atoms with Crippen molar-refractivity contribution in [3.8, 4) is 0 Å². The van der Waals surface area contributed by atoms with E-state index in [2.05, 4.69) is 13.5 Å². The fourth-order valence-electron chi connectivity index (χ4n) is 4.09. The summed E-state index contributed by atoms with van der Waals surface area (Å²) < 4.78 is 0. The van der Waals surface area contributed by atoms with E-state index in [9.17, 15) is 15.0 Å². The third kappa shape index (κ3) is 2.32. The van der Waals surface area contributed by atoms with E-state index < -0.39 is 17.7 Å². The summed E-state index contributed by atoms with van der Waals surface area (Å²) in [7, 11) is 0. The number of carboxylic acid groups (broad SMARTS) is 1. The van der Waals surface area contributed by atoms with Gasteiger partial charge in [0.05, 0.1) is 11.7 Å². The van der Waals surface area contributed by atoms with Gasteiger partial charge in [-0.2, -0.15) is 0 Å². The molecule has 0 heterocycles. The third-order valence-electron chi connectivity index (χ3n) is 5.56. The first kappa shape index (κ1) is 14.5. The summed E-state index contributed by atoms with van der Waals surface area (Å²) in [5, 5.41) is 29.7. The summed E-state index contributed by atoms with van der Waals surface area (Å²) in [5.41, 5.74) is -0.902. The molecule has 2 rings (SSSR count). The summed E-state index contributed by atoms with van der Waals surface area (Å²) in [6, 6.07) is 0. The highest BCUT2D eigenvalue weighted by atomic mass is 16.4. The molecule has 0 aromatic rings. The molecule has 0 aromatic carbocycles. The van der Waals surface area contributed by atoms with E-state index >= 15 is 0 Å². The van der Waals surface area contributed by atoms with Gasteiger partial charge >= 0.3 is 5.97 Å². The minimum atomic E-state index is -1.13. The normalized spacial score (nSPS) is 46.4. The van der Waals surface area contributed by atoms with Crippen molar-refractivity contribution in [1.82, 2.24) is 0 Å². The number of hydrogen-bond acceptors (Lipinski definition) is 3. The van der Waals surface area contributed by atoms with Gasteiger partial charge in [-0.15, -0.1) is 0 Å². The van der Waals surface area contributed by atoms with Crippen LogP contribution in [0, 0.1) is 17.3 Å². The molecule has 5 atom stereocenters. The van der Waals surface area contributed by atoms with Gasteiger partial charge < -0.3 is 15.3 Å². The van der Waals surface area contributed by atoms with E-state index in [1.807, 2.05) is 0 Å². The molecule has 0 spiro atoms. The fourth-order valence-corrected chi connectivity index (χ4v) is 4.09. The highest BCUT2D eigenvalue weighted by Gasteiger charge is 2.55. The Bertz CT molecular complexity index is 396. The van der Waals surface area contributed by atoms with Crippen LogP contribution in [0.5, 0.6) is 0 Å². The monoisotopic (exact) mass is 268 g/mol. The van der Waals surface area contributed by atoms with Gasteiger partial charge in [-0.1, -0.05) is 13.5 Å². The van der Waals surface area contributed by atoms with Crippen molar-refractivity contribution >= 4 is 5.97 Å². The first-order valence-corrected chi connectivity index (χ1v) is 7.01. The largest absolute Gasteiger partial charge is 0.478 e. The molecule has 2 fully saturated rings. The molecule has 19 heavy (non-hydrogen) atoms. The van der Waals surface area contributed by atoms with Crippen molar-refractivity contribution in [3.05, 3.63) is 12.2 Å². The lowest BCUT2D eigenvalue weighted by molar-refractivity contribution is -0.183. The zero-order valence-corrected chi connectivity index (χ0v) is 11.7. The number of aliphatic hydroxyl groups excluding tert-OH is 1. The Morgan fingerprint density at radius 3 is 2.42 bits per heavy atom. The highest BCUT2D eigenvalue weighted by molar-refractivity contribution is 5.86. The summed E-state index contributed by atoms with van der Waals surface area (Å²) in [5.74, 6) is -1.12. The van der Waals surface area contributed by atoms with E-state index in [1.54, 1.807) is 6.92 Å². The van der Waals surface area contributed by atoms with Crippen LogP contribution in [0.25, 0.3) is 0 Å². The summed E-state index contributed by atoms with van der Waals surface area (Å²) in [6.45, 7) is 7.50. The average Bonchev–Trinajstić information content (AvgIpc) is 2.34. The standard InChI is InChI=1S/C15H24O4/c1-9(13(17)18)10-4-6-14(2)7-5-12(16)15(3,19)11(14)8-10/h10-12,16,19H,1,4-8H2,2-3H3,(H,17,18)/t10-,11+,12-,14+,15-/m1/s1. The third-order valence-corrected chi connectivity index (χ3v) is 5.56. The number of aliphatic hydroxyl groups is 2. The van der Waals surface area contributed by atoms with Gasteiger partial charge in [-0.25, -0.2) is 4.79 Å². The van der Waals surface area contributed by atoms with Crippen LogP contribution < -0.4 is 0 Å². The summed E-state index contributed by atoms with van der Waals surface area (Å²) >= 11 is 0. The molecule has 0 aliphatic heterocycles. The Labute approximate surface area is 114 Å². The minimum absolute atomic E-state index is 0.00197. The molecule has 0 radical (unpaired) electrons. The highest BCUT2D eigenvalue weighted by Crippen LogP contribution is 2.56. The van der Waals surface area contributed by atoms with Crippen molar-refractivity contribution in [1.29, 1.82) is 0 Å². The number of carbonyl (C=O) groups is 1. The Morgan fingerprint density at radius 2 is 1.84 bits per heavy atom. The smallest absolute Gasteiger partial charge is 0.331 e. The number of hydrogen-bond donors (Lipinski definition) is 3. The topological polar surface area (TPSA) is 77.8 Å². The van der Waals surface area contributed by atoms with Crippen molar-refractivity contribution in [2.45, 2.75) is 57.7 Å². The molecule has 0 unspecified atom stereocenters. The zero-order valence-electron chi connectivity index (χ0n) is 11.7. The van der Waals surface area contributed by atoms with Crippen molar-refractivity contribution in [2.24, 2.45) is 17.3 Å². The van der Waals surface area contributed by atoms with Gasteiger partial charge in [0.25, 0.3) is 0 Å². The number of carboxylic acids is 1. The molecule has 0 saturated heterocycles. The maximum absolute atomic E-state index is 11.1. The SMILES string of the molecule is C=C(C(=O)O)[C@@H]1CC[C@@]2(C)CC[C@@H](O)[C@](C)(O)[C@H]2C1. The maximum atomic E-state index is 11.1. The van der Waals surface area contributed by atoms with Gasteiger partial charge in [0.15, 0.2) is 0 Å². The van der Waals surface area contributed by atoms with Gasteiger partial charge in [-0.05, 0) is 56.3 Å². The van der Waals surface area contributed by atoms with Crippen molar-refractivity contribution in [3.63, 3.8) is 0 Å². The van der Waals surface area contributed by atoms with Crippen LogP contribution in [0.1, 0.15) is 46.0 Å². The molecule has 0 bridgehead atoms. The van der Waals surface area contributed by atoms with Gasteiger partial charge in [0.2, 0.25) is 0 Å². The van der Waals surface area contributed by atoms with Gasteiger partial charge in [0.1, 0.15) is 0 Å². The average molecular weight is 268 g/mol. The molecule has 0 aromatic heterocycles. The summed E-state index contributed by atoms with van der Waals surface area (Å²) in [4.78, 5) is 11.1. The second kappa shape index (κ2) is 4.60. The Hall–Kier alpha value is -0.870. The van der Waals surface area contributed by atoms with Crippen LogP contribution >= 0.6 is 0 Å². The maximum Gasteiger partial charge on any atom is 0.331 e. The predicted octanol–water partition coefficient (Wildman–Crippen LogP) is 1.96. The van der Waals surface area contributed by atoms with Crippen LogP contribution in [0.2, 0.25) is 0 Å². The van der Waals surface area contributed by atoms with E-state index in [-0.39, 0.29) is 22.8 Å². The lowest BCUT2D eigenvalue weighted by Crippen LogP contribution is -2.58. The Kier molecular flexibility index (Phi) is 3.52. The molecule has 0 amide bonds. The number of rotatable bonds is 2. The van der Waals surface area contributed by atoms with Gasteiger partial charge in [0, 0.05) is 5.57 Å². The second-order valence-electron chi connectivity index (χ2n) is 6.79. The van der Waals surface area contributed by atoms with Crippen molar-refractivity contribution < 1.29 is 20.1 Å². The van der Waals surface area contributed by atoms with Crippen molar-refractivity contribution in [2.75, 3.05) is 0 Å². The van der Waals surface area contributed by atoms with E-state index in [0.29, 0.717) is 12.8 Å². The minimum Gasteiger partial charge on any atom is -0.478 e. The molecule has 4 heteroatoms. The predicted molar refractivity (Wildman–Crippen MR) is 71.6 cm³/mol. The van der Waals surface area contributed by atoms with Crippen LogP contribution in [0.3, 0.4) is 0 Å². The van der Waals surface area contributed by atoms with Crippen LogP contribution in [0.4, 0.5) is 0 Å². The Morgan fingerprint density at radius 1 is 1.26 bits per heavy atom. The number of fused-ring (bicyclic) bond motifs is 1. The molecule has 108 valence electrons. The first-order valence-electron chi connectivity index (χ1n) is 7.01.